The molecule has 1 atom stereocenters. The highest BCUT2D eigenvalue weighted by molar-refractivity contribution is 5.96. The average molecular weight is 397 g/mol. The molecule has 0 bridgehead atoms. The van der Waals surface area contributed by atoms with Crippen LogP contribution in [0.2, 0.25) is 0 Å². The first-order valence-electron chi connectivity index (χ1n) is 11.1. The number of carbonyl (C=O) groups is 1. The number of fused-ring (bicyclic) bond motifs is 1. The molecule has 1 saturated carbocycles. The van der Waals surface area contributed by atoms with Crippen molar-refractivity contribution in [3.8, 4) is 0 Å². The molecular weight excluding hydrogens is 368 g/mol. The Kier molecular flexibility index (Phi) is 4.73. The van der Waals surface area contributed by atoms with Crippen LogP contribution in [0.1, 0.15) is 72.0 Å². The number of hydrogen-bond acceptors (Lipinski definition) is 2. The Bertz CT molecular complexity index is 1060. The molecule has 152 valence electrons. The summed E-state index contributed by atoms with van der Waals surface area (Å²) in [5.74, 6) is 2.17. The number of aryl methyl sites for hydroxylation is 1. The van der Waals surface area contributed by atoms with E-state index in [4.69, 9.17) is 4.42 Å². The Balaban J connectivity index is 1.71. The van der Waals surface area contributed by atoms with Gasteiger partial charge in [0.05, 0.1) is 5.56 Å². The van der Waals surface area contributed by atoms with E-state index in [0.29, 0.717) is 11.5 Å². The molecule has 0 amide bonds. The second-order valence-electron chi connectivity index (χ2n) is 8.82. The van der Waals surface area contributed by atoms with Gasteiger partial charge in [0.1, 0.15) is 11.5 Å². The highest BCUT2D eigenvalue weighted by Gasteiger charge is 2.50. The second kappa shape index (κ2) is 7.43. The van der Waals surface area contributed by atoms with Crippen LogP contribution in [0.3, 0.4) is 0 Å². The summed E-state index contributed by atoms with van der Waals surface area (Å²) in [6, 6.07) is 24.0. The van der Waals surface area contributed by atoms with E-state index in [9.17, 15) is 4.79 Å². The quantitative estimate of drug-likeness (QED) is 0.439. The molecule has 3 aromatic rings. The molecule has 2 nitrogen and oxygen atoms in total. The zero-order chi connectivity index (χ0) is 20.7. The van der Waals surface area contributed by atoms with Gasteiger partial charge in [-0.05, 0) is 68.2 Å². The second-order valence-corrected chi connectivity index (χ2v) is 8.82. The van der Waals surface area contributed by atoms with Crippen LogP contribution in [0, 0.1) is 12.8 Å². The molecule has 0 radical (unpaired) electrons. The number of allylic oxidation sites excluding steroid dienone is 2. The molecule has 0 N–H and O–H groups in total. The van der Waals surface area contributed by atoms with Crippen molar-refractivity contribution in [2.75, 3.05) is 0 Å². The zero-order valence-corrected chi connectivity index (χ0v) is 17.8. The number of carbonyl (C=O) groups excluding carboxylic acids is 1. The van der Waals surface area contributed by atoms with Crippen molar-refractivity contribution in [3.63, 3.8) is 0 Å². The van der Waals surface area contributed by atoms with Crippen molar-refractivity contribution in [1.29, 1.82) is 0 Å². The molecule has 5 rings (SSSR count). The lowest BCUT2D eigenvalue weighted by atomic mass is 9.62. The Hall–Kier alpha value is -2.87. The third kappa shape index (κ3) is 2.89. The normalized spacial score (nSPS) is 20.3. The maximum Gasteiger partial charge on any atom is 0.163 e. The SMILES string of the molecule is CC(=O)c1cc(C2=C3CCCCC3C(c3ccccc3)(c3ccccc3)C2)oc1C. The van der Waals surface area contributed by atoms with Crippen LogP contribution in [0.25, 0.3) is 5.57 Å². The van der Waals surface area contributed by atoms with E-state index in [1.807, 2.05) is 13.0 Å². The van der Waals surface area contributed by atoms with Crippen LogP contribution in [-0.2, 0) is 5.41 Å². The number of Topliss-reactive ketones (excluding diaryl/α,β-unsaturated/α-hetero) is 1. The molecule has 2 aliphatic rings. The predicted octanol–water partition coefficient (Wildman–Crippen LogP) is 7.12. The van der Waals surface area contributed by atoms with E-state index in [1.54, 1.807) is 6.92 Å². The van der Waals surface area contributed by atoms with Gasteiger partial charge in [-0.15, -0.1) is 0 Å². The van der Waals surface area contributed by atoms with Gasteiger partial charge in [0.25, 0.3) is 0 Å². The summed E-state index contributed by atoms with van der Waals surface area (Å²) in [4.78, 5) is 12.1. The standard InChI is InChI=1S/C28H28O2/c1-19(29)24-17-27(30-20(24)2)25-18-28(21-11-5-3-6-12-21,22-13-7-4-8-14-22)26-16-10-9-15-23(25)26/h3-8,11-14,17,26H,9-10,15-16,18H2,1-2H3. The molecule has 1 unspecified atom stereocenters. The van der Waals surface area contributed by atoms with Gasteiger partial charge in [0, 0.05) is 5.41 Å². The van der Waals surface area contributed by atoms with Crippen molar-refractivity contribution in [2.45, 2.75) is 51.4 Å². The minimum absolute atomic E-state index is 0.0728. The summed E-state index contributed by atoms with van der Waals surface area (Å²) < 4.78 is 6.20. The van der Waals surface area contributed by atoms with E-state index >= 15 is 0 Å². The largest absolute Gasteiger partial charge is 0.461 e. The number of ketones is 1. The van der Waals surface area contributed by atoms with Crippen molar-refractivity contribution < 1.29 is 9.21 Å². The first-order valence-corrected chi connectivity index (χ1v) is 11.1. The van der Waals surface area contributed by atoms with Crippen molar-refractivity contribution in [3.05, 3.63) is 101 Å². The number of furan rings is 1. The molecule has 0 aliphatic heterocycles. The van der Waals surface area contributed by atoms with E-state index in [2.05, 4.69) is 60.7 Å². The zero-order valence-electron chi connectivity index (χ0n) is 17.8. The summed E-state index contributed by atoms with van der Waals surface area (Å²) in [5, 5.41) is 0. The third-order valence-corrected chi connectivity index (χ3v) is 7.22. The fraction of sp³-hybridized carbons (Fsp3) is 0.321. The minimum atomic E-state index is -0.0787. The third-order valence-electron chi connectivity index (χ3n) is 7.22. The first-order chi connectivity index (χ1) is 14.6. The Morgan fingerprint density at radius 3 is 2.17 bits per heavy atom. The number of rotatable bonds is 4. The predicted molar refractivity (Wildman–Crippen MR) is 121 cm³/mol. The van der Waals surface area contributed by atoms with E-state index < -0.39 is 0 Å². The highest BCUT2D eigenvalue weighted by atomic mass is 16.3. The number of benzene rings is 2. The molecule has 30 heavy (non-hydrogen) atoms. The van der Waals surface area contributed by atoms with Gasteiger partial charge in [-0.25, -0.2) is 0 Å². The van der Waals surface area contributed by atoms with Crippen LogP contribution in [0.5, 0.6) is 0 Å². The molecule has 2 aliphatic carbocycles. The van der Waals surface area contributed by atoms with Crippen LogP contribution < -0.4 is 0 Å². The van der Waals surface area contributed by atoms with Gasteiger partial charge < -0.3 is 4.42 Å². The monoisotopic (exact) mass is 396 g/mol. The molecule has 0 spiro atoms. The Morgan fingerprint density at radius 2 is 1.60 bits per heavy atom. The van der Waals surface area contributed by atoms with Gasteiger partial charge >= 0.3 is 0 Å². The highest BCUT2D eigenvalue weighted by Crippen LogP contribution is 2.59. The van der Waals surface area contributed by atoms with E-state index in [-0.39, 0.29) is 11.2 Å². The minimum Gasteiger partial charge on any atom is -0.461 e. The van der Waals surface area contributed by atoms with Gasteiger partial charge in [0.15, 0.2) is 5.78 Å². The fourth-order valence-corrected chi connectivity index (χ4v) is 5.90. The van der Waals surface area contributed by atoms with Gasteiger partial charge in [-0.2, -0.15) is 0 Å². The molecule has 1 fully saturated rings. The molecular formula is C28H28O2. The molecule has 0 saturated heterocycles. The molecule has 1 heterocycles. The smallest absolute Gasteiger partial charge is 0.163 e. The lowest BCUT2D eigenvalue weighted by molar-refractivity contribution is 0.101. The van der Waals surface area contributed by atoms with Gasteiger partial charge in [0.2, 0.25) is 0 Å². The Labute approximate surface area is 178 Å². The van der Waals surface area contributed by atoms with Crippen LogP contribution in [-0.4, -0.2) is 5.78 Å². The van der Waals surface area contributed by atoms with Crippen molar-refractivity contribution >= 4 is 11.4 Å². The summed E-state index contributed by atoms with van der Waals surface area (Å²) in [5.41, 5.74) is 6.25. The van der Waals surface area contributed by atoms with Gasteiger partial charge in [-0.1, -0.05) is 72.7 Å². The van der Waals surface area contributed by atoms with Crippen molar-refractivity contribution in [2.24, 2.45) is 5.92 Å². The lowest BCUT2D eigenvalue weighted by Gasteiger charge is -2.40. The average Bonchev–Trinajstić information content (AvgIpc) is 3.34. The summed E-state index contributed by atoms with van der Waals surface area (Å²) in [7, 11) is 0. The fourth-order valence-electron chi connectivity index (χ4n) is 5.90. The van der Waals surface area contributed by atoms with E-state index in [0.717, 1.165) is 24.4 Å². The van der Waals surface area contributed by atoms with E-state index in [1.165, 1.54) is 41.5 Å². The summed E-state index contributed by atoms with van der Waals surface area (Å²) in [6.45, 7) is 3.52. The molecule has 2 heteroatoms. The molecule has 2 aromatic carbocycles. The van der Waals surface area contributed by atoms with Crippen LogP contribution >= 0.6 is 0 Å². The summed E-state index contributed by atoms with van der Waals surface area (Å²) in [6.07, 6.45) is 5.73. The number of hydrogen-bond donors (Lipinski definition) is 0. The van der Waals surface area contributed by atoms with Crippen LogP contribution in [0.15, 0.2) is 76.7 Å². The molecule has 1 aromatic heterocycles. The first kappa shape index (κ1) is 19.1. The maximum atomic E-state index is 12.1. The Morgan fingerprint density at radius 1 is 0.967 bits per heavy atom. The van der Waals surface area contributed by atoms with Gasteiger partial charge in [-0.3, -0.25) is 4.79 Å². The maximum absolute atomic E-state index is 12.1. The van der Waals surface area contributed by atoms with Crippen LogP contribution in [0.4, 0.5) is 0 Å². The summed E-state index contributed by atoms with van der Waals surface area (Å²) >= 11 is 0. The lowest BCUT2D eigenvalue weighted by Crippen LogP contribution is -2.35. The topological polar surface area (TPSA) is 30.2 Å². The van der Waals surface area contributed by atoms with Crippen molar-refractivity contribution in [1.82, 2.24) is 0 Å².